The number of aromatic nitrogens is 2. The van der Waals surface area contributed by atoms with E-state index in [0.29, 0.717) is 32.8 Å². The molecule has 2 aliphatic heterocycles. The van der Waals surface area contributed by atoms with Crippen LogP contribution >= 0.6 is 0 Å². The van der Waals surface area contributed by atoms with Gasteiger partial charge in [0.05, 0.1) is 18.9 Å². The van der Waals surface area contributed by atoms with Gasteiger partial charge in [-0.1, -0.05) is 0 Å². The van der Waals surface area contributed by atoms with Gasteiger partial charge in [0.1, 0.15) is 5.82 Å². The summed E-state index contributed by atoms with van der Waals surface area (Å²) in [5.74, 6) is 0.867. The molecule has 8 nitrogen and oxygen atoms in total. The number of hydrogen-bond donors (Lipinski definition) is 1. The molecule has 2 saturated heterocycles. The first-order valence-electron chi connectivity index (χ1n) is 9.06. The molecule has 25 heavy (non-hydrogen) atoms. The van der Waals surface area contributed by atoms with Crippen LogP contribution in [0.1, 0.15) is 19.3 Å². The van der Waals surface area contributed by atoms with E-state index in [4.69, 9.17) is 9.47 Å². The molecule has 0 radical (unpaired) electrons. The van der Waals surface area contributed by atoms with E-state index >= 15 is 0 Å². The molecule has 0 saturated carbocycles. The zero-order valence-corrected chi connectivity index (χ0v) is 14.6. The molecule has 3 rings (SSSR count). The molecule has 0 aliphatic carbocycles. The van der Waals surface area contributed by atoms with Gasteiger partial charge in [-0.15, -0.1) is 0 Å². The van der Waals surface area contributed by atoms with E-state index in [-0.39, 0.29) is 12.1 Å². The Labute approximate surface area is 148 Å². The van der Waals surface area contributed by atoms with Crippen molar-refractivity contribution in [3.8, 4) is 0 Å². The van der Waals surface area contributed by atoms with Crippen LogP contribution in [0.4, 0.5) is 10.6 Å². The Morgan fingerprint density at radius 1 is 1.32 bits per heavy atom. The van der Waals surface area contributed by atoms with Gasteiger partial charge in [-0.2, -0.15) is 0 Å². The van der Waals surface area contributed by atoms with Crippen LogP contribution in [0, 0.1) is 0 Å². The second-order valence-corrected chi connectivity index (χ2v) is 6.33. The molecule has 0 spiro atoms. The molecule has 1 unspecified atom stereocenters. The van der Waals surface area contributed by atoms with Gasteiger partial charge in [0, 0.05) is 58.3 Å². The number of nitrogens with one attached hydrogen (secondary N) is 1. The molecule has 1 N–H and O–H groups in total. The predicted molar refractivity (Wildman–Crippen MR) is 93.6 cm³/mol. The normalized spacial score (nSPS) is 20.7. The SMILES string of the molecule is O=C(NCCCOCC1CCCO1)N1CCN(c2cnccn2)CC1. The maximum Gasteiger partial charge on any atom is 0.317 e. The molecule has 1 aromatic rings. The number of anilines is 1. The van der Waals surface area contributed by atoms with E-state index in [1.54, 1.807) is 18.6 Å². The molecular weight excluding hydrogens is 322 g/mol. The van der Waals surface area contributed by atoms with Crippen molar-refractivity contribution in [2.24, 2.45) is 0 Å². The summed E-state index contributed by atoms with van der Waals surface area (Å²) < 4.78 is 11.1. The number of ether oxygens (including phenoxy) is 2. The van der Waals surface area contributed by atoms with Gasteiger partial charge in [0.25, 0.3) is 0 Å². The number of carbonyl (C=O) groups is 1. The summed E-state index contributed by atoms with van der Waals surface area (Å²) in [6, 6.07) is -0.00192. The monoisotopic (exact) mass is 349 g/mol. The Balaban J connectivity index is 1.25. The van der Waals surface area contributed by atoms with Crippen molar-refractivity contribution in [3.05, 3.63) is 18.6 Å². The van der Waals surface area contributed by atoms with Crippen LogP contribution in [0.5, 0.6) is 0 Å². The largest absolute Gasteiger partial charge is 0.379 e. The highest BCUT2D eigenvalue weighted by atomic mass is 16.5. The van der Waals surface area contributed by atoms with Crippen molar-refractivity contribution >= 4 is 11.8 Å². The van der Waals surface area contributed by atoms with E-state index in [0.717, 1.165) is 44.8 Å². The lowest BCUT2D eigenvalue weighted by Gasteiger charge is -2.35. The van der Waals surface area contributed by atoms with Crippen LogP contribution in [-0.2, 0) is 9.47 Å². The van der Waals surface area contributed by atoms with Crippen molar-refractivity contribution in [1.29, 1.82) is 0 Å². The van der Waals surface area contributed by atoms with Crippen LogP contribution in [0.3, 0.4) is 0 Å². The molecule has 2 fully saturated rings. The Morgan fingerprint density at radius 3 is 2.92 bits per heavy atom. The fourth-order valence-electron chi connectivity index (χ4n) is 3.07. The lowest BCUT2D eigenvalue weighted by Crippen LogP contribution is -2.52. The van der Waals surface area contributed by atoms with Crippen molar-refractivity contribution in [2.75, 3.05) is 57.4 Å². The number of hydrogen-bond acceptors (Lipinski definition) is 6. The van der Waals surface area contributed by atoms with Crippen molar-refractivity contribution < 1.29 is 14.3 Å². The maximum absolute atomic E-state index is 12.2. The molecule has 0 aromatic carbocycles. The van der Waals surface area contributed by atoms with Gasteiger partial charge < -0.3 is 24.6 Å². The summed E-state index contributed by atoms with van der Waals surface area (Å²) >= 11 is 0. The minimum Gasteiger partial charge on any atom is -0.379 e. The van der Waals surface area contributed by atoms with E-state index in [1.807, 2.05) is 4.90 Å². The van der Waals surface area contributed by atoms with Crippen LogP contribution in [0.2, 0.25) is 0 Å². The Hall–Kier alpha value is -1.93. The lowest BCUT2D eigenvalue weighted by molar-refractivity contribution is 0.0167. The minimum atomic E-state index is -0.00192. The second-order valence-electron chi connectivity index (χ2n) is 6.33. The van der Waals surface area contributed by atoms with E-state index < -0.39 is 0 Å². The summed E-state index contributed by atoms with van der Waals surface area (Å²) in [5.41, 5.74) is 0. The average Bonchev–Trinajstić information content (AvgIpc) is 3.19. The van der Waals surface area contributed by atoms with E-state index in [2.05, 4.69) is 20.2 Å². The third-order valence-electron chi connectivity index (χ3n) is 4.51. The van der Waals surface area contributed by atoms with Crippen molar-refractivity contribution in [1.82, 2.24) is 20.2 Å². The highest BCUT2D eigenvalue weighted by molar-refractivity contribution is 5.74. The third-order valence-corrected chi connectivity index (χ3v) is 4.51. The quantitative estimate of drug-likeness (QED) is 0.737. The summed E-state index contributed by atoms with van der Waals surface area (Å²) in [4.78, 5) is 24.6. The Bertz CT molecular complexity index is 516. The summed E-state index contributed by atoms with van der Waals surface area (Å²) in [5, 5.41) is 2.96. The van der Waals surface area contributed by atoms with E-state index in [9.17, 15) is 4.79 Å². The average molecular weight is 349 g/mol. The number of rotatable bonds is 7. The fourth-order valence-corrected chi connectivity index (χ4v) is 3.07. The van der Waals surface area contributed by atoms with Gasteiger partial charge in [-0.25, -0.2) is 9.78 Å². The molecule has 2 aliphatic rings. The lowest BCUT2D eigenvalue weighted by atomic mass is 10.2. The predicted octanol–water partition coefficient (Wildman–Crippen LogP) is 0.894. The minimum absolute atomic E-state index is 0.00192. The standard InChI is InChI=1S/C17H27N5O3/c23-17(20-4-2-11-24-14-15-3-1-12-25-15)22-9-7-21(8-10-22)16-13-18-5-6-19-16/h5-6,13,15H,1-4,7-12,14H2,(H,20,23). The molecule has 1 aromatic heterocycles. The number of amides is 2. The highest BCUT2D eigenvalue weighted by Gasteiger charge is 2.21. The summed E-state index contributed by atoms with van der Waals surface area (Å²) in [6.45, 7) is 5.74. The zero-order valence-electron chi connectivity index (χ0n) is 14.6. The van der Waals surface area contributed by atoms with Crippen LogP contribution in [-0.4, -0.2) is 79.5 Å². The van der Waals surface area contributed by atoms with Crippen molar-refractivity contribution in [2.45, 2.75) is 25.4 Å². The fraction of sp³-hybridized carbons (Fsp3) is 0.706. The highest BCUT2D eigenvalue weighted by Crippen LogP contribution is 2.12. The van der Waals surface area contributed by atoms with E-state index in [1.165, 1.54) is 0 Å². The smallest absolute Gasteiger partial charge is 0.317 e. The number of piperazine rings is 1. The molecule has 8 heteroatoms. The van der Waals surface area contributed by atoms with Gasteiger partial charge in [0.2, 0.25) is 0 Å². The summed E-state index contributed by atoms with van der Waals surface area (Å²) in [7, 11) is 0. The third kappa shape index (κ3) is 5.54. The maximum atomic E-state index is 12.2. The Morgan fingerprint density at radius 2 is 2.20 bits per heavy atom. The molecular formula is C17H27N5O3. The molecule has 3 heterocycles. The van der Waals surface area contributed by atoms with Crippen LogP contribution < -0.4 is 10.2 Å². The molecule has 1 atom stereocenters. The number of nitrogens with zero attached hydrogens (tertiary/aromatic N) is 4. The number of urea groups is 1. The first kappa shape index (κ1) is 17.9. The van der Waals surface area contributed by atoms with Gasteiger partial charge in [0.15, 0.2) is 0 Å². The zero-order chi connectivity index (χ0) is 17.3. The van der Waals surface area contributed by atoms with Gasteiger partial charge in [-0.3, -0.25) is 4.98 Å². The summed E-state index contributed by atoms with van der Waals surface area (Å²) in [6.07, 6.45) is 8.42. The van der Waals surface area contributed by atoms with Crippen LogP contribution in [0.25, 0.3) is 0 Å². The number of carbonyl (C=O) groups excluding carboxylic acids is 1. The van der Waals surface area contributed by atoms with Gasteiger partial charge >= 0.3 is 6.03 Å². The molecule has 138 valence electrons. The first-order valence-corrected chi connectivity index (χ1v) is 9.06. The van der Waals surface area contributed by atoms with Crippen molar-refractivity contribution in [3.63, 3.8) is 0 Å². The second kappa shape index (κ2) is 9.53. The topological polar surface area (TPSA) is 79.8 Å². The van der Waals surface area contributed by atoms with Crippen LogP contribution in [0.15, 0.2) is 18.6 Å². The molecule has 2 amide bonds. The first-order chi connectivity index (χ1) is 12.3. The van der Waals surface area contributed by atoms with Gasteiger partial charge in [-0.05, 0) is 19.3 Å². The molecule has 0 bridgehead atoms. The Kier molecular flexibility index (Phi) is 6.81.